The molecule has 0 saturated heterocycles. The Labute approximate surface area is 94.8 Å². The molecule has 0 aliphatic rings. The van der Waals surface area contributed by atoms with Gasteiger partial charge in [-0.15, -0.1) is 0 Å². The molecule has 2 N–H and O–H groups in total. The molecule has 0 amide bonds. The van der Waals surface area contributed by atoms with Gasteiger partial charge in [-0.05, 0) is 16.7 Å². The molecule has 0 saturated carbocycles. The average Bonchev–Trinajstić information content (AvgIpc) is 2.39. The van der Waals surface area contributed by atoms with E-state index in [0.717, 1.165) is 16.7 Å². The van der Waals surface area contributed by atoms with E-state index < -0.39 is 6.10 Å². The fraction of sp³-hybridized carbons (Fsp3) is 0.143. The molecule has 0 radical (unpaired) electrons. The number of aliphatic hydroxyl groups excluding tert-OH is 2. The van der Waals surface area contributed by atoms with E-state index in [1.807, 2.05) is 54.6 Å². The van der Waals surface area contributed by atoms with Crippen LogP contribution in [-0.2, 0) is 0 Å². The van der Waals surface area contributed by atoms with Crippen molar-refractivity contribution in [1.82, 2.24) is 0 Å². The summed E-state index contributed by atoms with van der Waals surface area (Å²) in [5.41, 5.74) is 2.77. The number of rotatable bonds is 3. The van der Waals surface area contributed by atoms with E-state index in [2.05, 4.69) is 0 Å². The Balaban J connectivity index is 2.49. The minimum Gasteiger partial charge on any atom is -0.393 e. The van der Waals surface area contributed by atoms with E-state index in [1.54, 1.807) is 0 Å². The minimum absolute atomic E-state index is 0.260. The van der Waals surface area contributed by atoms with Crippen LogP contribution in [0.5, 0.6) is 0 Å². The molecule has 0 unspecified atom stereocenters. The number of hydrogen-bond donors (Lipinski definition) is 2. The van der Waals surface area contributed by atoms with Crippen molar-refractivity contribution in [3.05, 3.63) is 60.2 Å². The molecule has 0 bridgehead atoms. The number of aliphatic hydroxyl groups is 2. The third-order valence-electron chi connectivity index (χ3n) is 2.58. The van der Waals surface area contributed by atoms with Crippen molar-refractivity contribution < 1.29 is 10.2 Å². The smallest absolute Gasteiger partial charge is 0.103 e. The average molecular weight is 214 g/mol. The molecule has 2 heteroatoms. The standard InChI is InChI=1S/C14H14O2/c15-10-14(16)13-9-5-4-8-12(13)11-6-2-1-3-7-11/h1-9,14-16H,10H2/t14-/m0/s1. The predicted octanol–water partition coefficient (Wildman–Crippen LogP) is 2.38. The third kappa shape index (κ3) is 2.13. The highest BCUT2D eigenvalue weighted by Gasteiger charge is 2.11. The first-order valence-corrected chi connectivity index (χ1v) is 5.26. The second-order valence-electron chi connectivity index (χ2n) is 3.65. The van der Waals surface area contributed by atoms with Crippen LogP contribution >= 0.6 is 0 Å². The largest absolute Gasteiger partial charge is 0.393 e. The van der Waals surface area contributed by atoms with Crippen LogP contribution in [0.15, 0.2) is 54.6 Å². The van der Waals surface area contributed by atoms with Gasteiger partial charge in [0.25, 0.3) is 0 Å². The Hall–Kier alpha value is -1.64. The Bertz CT molecular complexity index is 451. The van der Waals surface area contributed by atoms with Gasteiger partial charge in [0.05, 0.1) is 6.61 Å². The third-order valence-corrected chi connectivity index (χ3v) is 2.58. The predicted molar refractivity (Wildman–Crippen MR) is 63.9 cm³/mol. The maximum atomic E-state index is 9.72. The molecule has 0 fully saturated rings. The summed E-state index contributed by atoms with van der Waals surface area (Å²) < 4.78 is 0. The molecule has 2 rings (SSSR count). The van der Waals surface area contributed by atoms with E-state index in [1.165, 1.54) is 0 Å². The molecule has 82 valence electrons. The van der Waals surface area contributed by atoms with Gasteiger partial charge in [0.15, 0.2) is 0 Å². The van der Waals surface area contributed by atoms with Gasteiger partial charge in [0.2, 0.25) is 0 Å². The van der Waals surface area contributed by atoms with Crippen molar-refractivity contribution >= 4 is 0 Å². The summed E-state index contributed by atoms with van der Waals surface area (Å²) in [7, 11) is 0. The molecule has 2 aromatic rings. The van der Waals surface area contributed by atoms with Gasteiger partial charge in [0.1, 0.15) is 6.10 Å². The van der Waals surface area contributed by atoms with Crippen LogP contribution in [0.3, 0.4) is 0 Å². The summed E-state index contributed by atoms with van der Waals surface area (Å²) in [6.07, 6.45) is -0.823. The number of benzene rings is 2. The van der Waals surface area contributed by atoms with Gasteiger partial charge < -0.3 is 10.2 Å². The molecule has 1 atom stereocenters. The van der Waals surface area contributed by atoms with Gasteiger partial charge in [0, 0.05) is 0 Å². The normalized spacial score (nSPS) is 12.4. The van der Waals surface area contributed by atoms with E-state index in [-0.39, 0.29) is 6.61 Å². The molecular formula is C14H14O2. The van der Waals surface area contributed by atoms with E-state index in [4.69, 9.17) is 5.11 Å². The maximum absolute atomic E-state index is 9.72. The highest BCUT2D eigenvalue weighted by Crippen LogP contribution is 2.27. The van der Waals surface area contributed by atoms with Crippen molar-refractivity contribution in [3.63, 3.8) is 0 Å². The molecule has 0 spiro atoms. The fourth-order valence-corrected chi connectivity index (χ4v) is 1.77. The van der Waals surface area contributed by atoms with Crippen LogP contribution in [0.25, 0.3) is 11.1 Å². The molecule has 2 nitrogen and oxygen atoms in total. The Morgan fingerprint density at radius 1 is 0.875 bits per heavy atom. The van der Waals surface area contributed by atoms with Gasteiger partial charge in [-0.25, -0.2) is 0 Å². The van der Waals surface area contributed by atoms with Gasteiger partial charge >= 0.3 is 0 Å². The second-order valence-corrected chi connectivity index (χ2v) is 3.65. The van der Waals surface area contributed by atoms with Crippen LogP contribution in [0.1, 0.15) is 11.7 Å². The lowest BCUT2D eigenvalue weighted by Gasteiger charge is -2.13. The number of hydrogen-bond acceptors (Lipinski definition) is 2. The maximum Gasteiger partial charge on any atom is 0.103 e. The zero-order valence-corrected chi connectivity index (χ0v) is 8.88. The topological polar surface area (TPSA) is 40.5 Å². The van der Waals surface area contributed by atoms with Crippen molar-refractivity contribution in [3.8, 4) is 11.1 Å². The quantitative estimate of drug-likeness (QED) is 0.823. The van der Waals surface area contributed by atoms with E-state index >= 15 is 0 Å². The fourth-order valence-electron chi connectivity index (χ4n) is 1.77. The summed E-state index contributed by atoms with van der Waals surface area (Å²) in [6.45, 7) is -0.260. The first kappa shape index (κ1) is 10.9. The van der Waals surface area contributed by atoms with Crippen LogP contribution in [0.2, 0.25) is 0 Å². The molecule has 16 heavy (non-hydrogen) atoms. The van der Waals surface area contributed by atoms with Crippen molar-refractivity contribution in [1.29, 1.82) is 0 Å². The van der Waals surface area contributed by atoms with Crippen molar-refractivity contribution in [2.75, 3.05) is 6.61 Å². The van der Waals surface area contributed by atoms with Gasteiger partial charge in [-0.2, -0.15) is 0 Å². The SMILES string of the molecule is OC[C@H](O)c1ccccc1-c1ccccc1. The zero-order chi connectivity index (χ0) is 11.4. The van der Waals surface area contributed by atoms with Gasteiger partial charge in [-0.1, -0.05) is 54.6 Å². The van der Waals surface area contributed by atoms with Crippen molar-refractivity contribution in [2.45, 2.75) is 6.10 Å². The Morgan fingerprint density at radius 2 is 1.50 bits per heavy atom. The first-order valence-electron chi connectivity index (χ1n) is 5.26. The highest BCUT2D eigenvalue weighted by molar-refractivity contribution is 5.67. The molecule has 0 aliphatic carbocycles. The molecular weight excluding hydrogens is 200 g/mol. The molecule has 0 aromatic heterocycles. The first-order chi connectivity index (χ1) is 7.83. The summed E-state index contributed by atoms with van der Waals surface area (Å²) in [4.78, 5) is 0. The monoisotopic (exact) mass is 214 g/mol. The minimum atomic E-state index is -0.823. The Kier molecular flexibility index (Phi) is 3.34. The van der Waals surface area contributed by atoms with Crippen LogP contribution < -0.4 is 0 Å². The lowest BCUT2D eigenvalue weighted by atomic mass is 9.96. The van der Waals surface area contributed by atoms with Crippen LogP contribution in [0.4, 0.5) is 0 Å². The molecule has 0 heterocycles. The van der Waals surface area contributed by atoms with Crippen LogP contribution in [-0.4, -0.2) is 16.8 Å². The zero-order valence-electron chi connectivity index (χ0n) is 8.88. The van der Waals surface area contributed by atoms with Crippen molar-refractivity contribution in [2.24, 2.45) is 0 Å². The summed E-state index contributed by atoms with van der Waals surface area (Å²) in [5, 5.41) is 18.7. The van der Waals surface area contributed by atoms with Crippen LogP contribution in [0, 0.1) is 0 Å². The highest BCUT2D eigenvalue weighted by atomic mass is 16.3. The van der Waals surface area contributed by atoms with E-state index in [0.29, 0.717) is 0 Å². The lowest BCUT2D eigenvalue weighted by Crippen LogP contribution is -2.04. The second kappa shape index (κ2) is 4.92. The molecule has 0 aliphatic heterocycles. The summed E-state index contributed by atoms with van der Waals surface area (Å²) in [6, 6.07) is 17.4. The lowest BCUT2D eigenvalue weighted by molar-refractivity contribution is 0.0960. The summed E-state index contributed by atoms with van der Waals surface area (Å²) >= 11 is 0. The van der Waals surface area contributed by atoms with Gasteiger partial charge in [-0.3, -0.25) is 0 Å². The van der Waals surface area contributed by atoms with E-state index in [9.17, 15) is 5.11 Å². The Morgan fingerprint density at radius 3 is 2.19 bits per heavy atom. The summed E-state index contributed by atoms with van der Waals surface area (Å²) in [5.74, 6) is 0. The molecule has 2 aromatic carbocycles.